The predicted octanol–water partition coefficient (Wildman–Crippen LogP) is 15.6. The highest BCUT2D eigenvalue weighted by Gasteiger charge is 2.22. The molecule has 0 aliphatic rings. The Labute approximate surface area is 333 Å². The summed E-state index contributed by atoms with van der Waals surface area (Å²) < 4.78 is 6.93. The number of rotatable bonds is 8. The van der Waals surface area contributed by atoms with Gasteiger partial charge in [0.05, 0.1) is 5.69 Å². The lowest BCUT2D eigenvalue weighted by atomic mass is 10.00. The first kappa shape index (κ1) is 34.2. The summed E-state index contributed by atoms with van der Waals surface area (Å²) in [4.78, 5) is 4.68. The van der Waals surface area contributed by atoms with Crippen LogP contribution in [0, 0.1) is 13.8 Å². The molecule has 0 atom stereocenters. The molecule has 0 spiro atoms. The van der Waals surface area contributed by atoms with Crippen molar-refractivity contribution < 1.29 is 4.42 Å². The van der Waals surface area contributed by atoms with Crippen LogP contribution in [-0.4, -0.2) is 0 Å². The van der Waals surface area contributed by atoms with Gasteiger partial charge in [0.1, 0.15) is 11.2 Å². The van der Waals surface area contributed by atoms with Crippen LogP contribution in [0.5, 0.6) is 0 Å². The minimum Gasteiger partial charge on any atom is -0.456 e. The van der Waals surface area contributed by atoms with E-state index in [0.717, 1.165) is 66.8 Å². The molecule has 10 rings (SSSR count). The maximum absolute atomic E-state index is 6.93. The van der Waals surface area contributed by atoms with Crippen molar-refractivity contribution in [2.24, 2.45) is 0 Å². The molecular formula is C54H40N2O. The zero-order valence-corrected chi connectivity index (χ0v) is 31.9. The van der Waals surface area contributed by atoms with Crippen molar-refractivity contribution in [1.29, 1.82) is 0 Å². The number of fused-ring (bicyclic) bond motifs is 5. The first-order valence-corrected chi connectivity index (χ1v) is 19.5. The molecule has 9 aromatic carbocycles. The van der Waals surface area contributed by atoms with Gasteiger partial charge in [0.2, 0.25) is 0 Å². The van der Waals surface area contributed by atoms with Crippen molar-refractivity contribution in [2.75, 3.05) is 9.80 Å². The normalized spacial score (nSPS) is 11.3. The Morgan fingerprint density at radius 2 is 0.789 bits per heavy atom. The van der Waals surface area contributed by atoms with Crippen molar-refractivity contribution in [3.8, 4) is 22.3 Å². The molecule has 0 aliphatic carbocycles. The highest BCUT2D eigenvalue weighted by atomic mass is 16.3. The van der Waals surface area contributed by atoms with E-state index >= 15 is 0 Å². The van der Waals surface area contributed by atoms with E-state index in [1.54, 1.807) is 0 Å². The standard InChI is InChI=1S/C54H40N2O/c1-37-13-11-19-45(33-37)55(43-27-23-41(24-28-43)39-15-5-3-6-16-39)47-31-32-50-52(35-47)57-53-36-51(48-21-9-10-22-49(48)54(50)53)56(46-20-12-14-38(2)34-46)44-29-25-42(26-30-44)40-17-7-4-8-18-40/h3-36H,1-2H3. The summed E-state index contributed by atoms with van der Waals surface area (Å²) in [6, 6.07) is 73.8. The summed E-state index contributed by atoms with van der Waals surface area (Å²) in [5.41, 5.74) is 15.3. The third-order valence-corrected chi connectivity index (χ3v) is 10.9. The van der Waals surface area contributed by atoms with Gasteiger partial charge in [0.25, 0.3) is 0 Å². The van der Waals surface area contributed by atoms with Gasteiger partial charge in [-0.15, -0.1) is 0 Å². The molecule has 0 saturated carbocycles. The van der Waals surface area contributed by atoms with Crippen molar-refractivity contribution in [1.82, 2.24) is 0 Å². The molecule has 272 valence electrons. The van der Waals surface area contributed by atoms with Gasteiger partial charge in [0.15, 0.2) is 0 Å². The molecule has 57 heavy (non-hydrogen) atoms. The Morgan fingerprint density at radius 1 is 0.316 bits per heavy atom. The molecule has 0 unspecified atom stereocenters. The topological polar surface area (TPSA) is 19.6 Å². The fourth-order valence-corrected chi connectivity index (χ4v) is 8.21. The van der Waals surface area contributed by atoms with Crippen molar-refractivity contribution in [3.05, 3.63) is 217 Å². The van der Waals surface area contributed by atoms with E-state index in [2.05, 4.69) is 230 Å². The molecule has 1 aromatic heterocycles. The summed E-state index contributed by atoms with van der Waals surface area (Å²) in [7, 11) is 0. The maximum atomic E-state index is 6.93. The Hall–Kier alpha value is -7.36. The second kappa shape index (κ2) is 14.4. The molecule has 0 N–H and O–H groups in total. The van der Waals surface area contributed by atoms with Crippen LogP contribution in [0.1, 0.15) is 11.1 Å². The first-order valence-electron chi connectivity index (χ1n) is 19.5. The molecule has 3 heteroatoms. The van der Waals surface area contributed by atoms with Gasteiger partial charge in [-0.3, -0.25) is 0 Å². The van der Waals surface area contributed by atoms with Crippen LogP contribution >= 0.6 is 0 Å². The lowest BCUT2D eigenvalue weighted by Crippen LogP contribution is -2.10. The van der Waals surface area contributed by atoms with E-state index in [9.17, 15) is 0 Å². The average molecular weight is 733 g/mol. The van der Waals surface area contributed by atoms with Crippen molar-refractivity contribution in [3.63, 3.8) is 0 Å². The summed E-state index contributed by atoms with van der Waals surface area (Å²) in [6.07, 6.45) is 0. The third kappa shape index (κ3) is 6.39. The van der Waals surface area contributed by atoms with Crippen molar-refractivity contribution >= 4 is 66.8 Å². The SMILES string of the molecule is Cc1cccc(N(c2ccc(-c3ccccc3)cc2)c2ccc3c(c2)oc2cc(N(c4ccc(-c5ccccc5)cc4)c4cccc(C)c4)c4ccccc4c23)c1. The van der Waals surface area contributed by atoms with E-state index in [-0.39, 0.29) is 0 Å². The van der Waals surface area contributed by atoms with Gasteiger partial charge < -0.3 is 14.2 Å². The maximum Gasteiger partial charge on any atom is 0.138 e. The average Bonchev–Trinajstić information content (AvgIpc) is 3.63. The molecule has 0 amide bonds. The summed E-state index contributed by atoms with van der Waals surface area (Å²) in [5.74, 6) is 0. The predicted molar refractivity (Wildman–Crippen MR) is 241 cm³/mol. The number of nitrogens with zero attached hydrogens (tertiary/aromatic N) is 2. The fraction of sp³-hybridized carbons (Fsp3) is 0.0370. The Morgan fingerprint density at radius 3 is 1.37 bits per heavy atom. The van der Waals surface area contributed by atoms with Gasteiger partial charge in [-0.2, -0.15) is 0 Å². The third-order valence-electron chi connectivity index (χ3n) is 10.9. The van der Waals surface area contributed by atoms with Crippen LogP contribution in [0.15, 0.2) is 211 Å². The van der Waals surface area contributed by atoms with E-state index in [4.69, 9.17) is 4.42 Å². The van der Waals surface area contributed by atoms with Crippen LogP contribution in [0.3, 0.4) is 0 Å². The molecule has 0 fully saturated rings. The first-order chi connectivity index (χ1) is 28.1. The molecule has 0 saturated heterocycles. The van der Waals surface area contributed by atoms with E-state index < -0.39 is 0 Å². The minimum absolute atomic E-state index is 0.845. The second-order valence-electron chi connectivity index (χ2n) is 14.8. The number of hydrogen-bond acceptors (Lipinski definition) is 3. The molecule has 1 heterocycles. The van der Waals surface area contributed by atoms with Crippen LogP contribution in [-0.2, 0) is 0 Å². The number of furan rings is 1. The minimum atomic E-state index is 0.845. The van der Waals surface area contributed by atoms with Gasteiger partial charge in [-0.05, 0) is 113 Å². The smallest absolute Gasteiger partial charge is 0.138 e. The summed E-state index contributed by atoms with van der Waals surface area (Å²) >= 11 is 0. The Balaban J connectivity index is 1.13. The lowest BCUT2D eigenvalue weighted by Gasteiger charge is -2.27. The van der Waals surface area contributed by atoms with E-state index in [1.807, 2.05) is 0 Å². The number of aryl methyl sites for hydroxylation is 2. The Bertz CT molecular complexity index is 3020. The number of anilines is 6. The molecule has 0 aliphatic heterocycles. The van der Waals surface area contributed by atoms with Crippen LogP contribution in [0.4, 0.5) is 34.1 Å². The molecule has 0 radical (unpaired) electrons. The van der Waals surface area contributed by atoms with Gasteiger partial charge in [-0.25, -0.2) is 0 Å². The van der Waals surface area contributed by atoms with Gasteiger partial charge >= 0.3 is 0 Å². The summed E-state index contributed by atoms with van der Waals surface area (Å²) in [5, 5.41) is 4.52. The zero-order chi connectivity index (χ0) is 38.3. The number of benzene rings is 9. The van der Waals surface area contributed by atoms with Crippen LogP contribution in [0.2, 0.25) is 0 Å². The van der Waals surface area contributed by atoms with Crippen molar-refractivity contribution in [2.45, 2.75) is 13.8 Å². The van der Waals surface area contributed by atoms with E-state index in [1.165, 1.54) is 33.4 Å². The van der Waals surface area contributed by atoms with Crippen LogP contribution < -0.4 is 9.80 Å². The van der Waals surface area contributed by atoms with Gasteiger partial charge in [-0.1, -0.05) is 133 Å². The van der Waals surface area contributed by atoms with Crippen LogP contribution in [0.25, 0.3) is 55.0 Å². The summed E-state index contributed by atoms with van der Waals surface area (Å²) in [6.45, 7) is 4.29. The highest BCUT2D eigenvalue weighted by Crippen LogP contribution is 2.46. The van der Waals surface area contributed by atoms with Gasteiger partial charge in [0, 0.05) is 56.7 Å². The molecule has 3 nitrogen and oxygen atoms in total. The Kier molecular flexibility index (Phi) is 8.61. The molecular weight excluding hydrogens is 693 g/mol. The van der Waals surface area contributed by atoms with E-state index in [0.29, 0.717) is 0 Å². The largest absolute Gasteiger partial charge is 0.456 e. The molecule has 0 bridgehead atoms. The highest BCUT2D eigenvalue weighted by molar-refractivity contribution is 6.22. The number of hydrogen-bond donors (Lipinski definition) is 0. The molecule has 10 aromatic rings. The lowest BCUT2D eigenvalue weighted by molar-refractivity contribution is 0.669. The zero-order valence-electron chi connectivity index (χ0n) is 31.9. The monoisotopic (exact) mass is 732 g/mol. The fourth-order valence-electron chi connectivity index (χ4n) is 8.21. The second-order valence-corrected chi connectivity index (χ2v) is 14.8. The quantitative estimate of drug-likeness (QED) is 0.155.